The second kappa shape index (κ2) is 3.96. The molecule has 6 nitrogen and oxygen atoms in total. The smallest absolute Gasteiger partial charge is 0.329 e. The first-order chi connectivity index (χ1) is 7.63. The van der Waals surface area contributed by atoms with Crippen LogP contribution in [-0.2, 0) is 27.3 Å². The summed E-state index contributed by atoms with van der Waals surface area (Å²) < 4.78 is 4.69. The number of H-pyrrole nitrogens is 1. The number of hydrogen-bond donors (Lipinski definition) is 1. The molecular formula is C10H13N3O3. The van der Waals surface area contributed by atoms with E-state index in [1.165, 1.54) is 18.9 Å². The zero-order valence-corrected chi connectivity index (χ0v) is 9.19. The van der Waals surface area contributed by atoms with Crippen LogP contribution in [0.25, 0.3) is 0 Å². The molecule has 1 aliphatic heterocycles. The van der Waals surface area contributed by atoms with Crippen molar-refractivity contribution in [2.75, 3.05) is 7.11 Å². The van der Waals surface area contributed by atoms with E-state index >= 15 is 0 Å². The molecule has 1 aromatic rings. The van der Waals surface area contributed by atoms with Gasteiger partial charge in [-0.15, -0.1) is 0 Å². The standard InChI is InChI=1S/C10H13N3O3/c1-6(14)13-4-8-7(11-5-12-8)3-9(13)10(15)16-2/h5,9H,3-4H2,1-2H3,(H,11,12). The lowest BCUT2D eigenvalue weighted by Crippen LogP contribution is -2.48. The fraction of sp³-hybridized carbons (Fsp3) is 0.500. The third kappa shape index (κ3) is 1.66. The lowest BCUT2D eigenvalue weighted by molar-refractivity contribution is -0.153. The van der Waals surface area contributed by atoms with Gasteiger partial charge in [0.25, 0.3) is 0 Å². The normalized spacial score (nSPS) is 19.1. The number of methoxy groups -OCH3 is 1. The summed E-state index contributed by atoms with van der Waals surface area (Å²) in [5.74, 6) is -0.542. The summed E-state index contributed by atoms with van der Waals surface area (Å²) in [6, 6.07) is -0.557. The third-order valence-electron chi connectivity index (χ3n) is 2.78. The maximum absolute atomic E-state index is 11.6. The molecule has 0 spiro atoms. The first-order valence-corrected chi connectivity index (χ1v) is 4.99. The minimum Gasteiger partial charge on any atom is -0.467 e. The van der Waals surface area contributed by atoms with E-state index in [2.05, 4.69) is 9.97 Å². The molecular weight excluding hydrogens is 210 g/mol. The topological polar surface area (TPSA) is 75.3 Å². The Morgan fingerprint density at radius 1 is 1.62 bits per heavy atom. The molecule has 1 N–H and O–H groups in total. The first kappa shape index (κ1) is 10.7. The number of fused-ring (bicyclic) bond motifs is 1. The maximum Gasteiger partial charge on any atom is 0.329 e. The minimum atomic E-state index is -0.557. The van der Waals surface area contributed by atoms with Crippen LogP contribution in [0.2, 0.25) is 0 Å². The fourth-order valence-corrected chi connectivity index (χ4v) is 1.91. The molecule has 1 atom stereocenters. The van der Waals surface area contributed by atoms with Gasteiger partial charge in [-0.2, -0.15) is 0 Å². The van der Waals surface area contributed by atoms with Crippen molar-refractivity contribution < 1.29 is 14.3 Å². The Hall–Kier alpha value is -1.85. The highest BCUT2D eigenvalue weighted by atomic mass is 16.5. The van der Waals surface area contributed by atoms with Gasteiger partial charge in [-0.05, 0) is 0 Å². The molecule has 6 heteroatoms. The highest BCUT2D eigenvalue weighted by Gasteiger charge is 2.35. The number of imidazole rings is 1. The molecule has 1 amide bonds. The highest BCUT2D eigenvalue weighted by Crippen LogP contribution is 2.21. The number of ether oxygens (including phenoxy) is 1. The van der Waals surface area contributed by atoms with E-state index in [-0.39, 0.29) is 5.91 Å². The summed E-state index contributed by atoms with van der Waals surface area (Å²) in [7, 11) is 1.32. The third-order valence-corrected chi connectivity index (χ3v) is 2.78. The second-order valence-electron chi connectivity index (χ2n) is 3.72. The Bertz CT molecular complexity index is 427. The van der Waals surface area contributed by atoms with Crippen LogP contribution < -0.4 is 0 Å². The van der Waals surface area contributed by atoms with Gasteiger partial charge in [0.05, 0.1) is 31.4 Å². The Morgan fingerprint density at radius 3 is 3.00 bits per heavy atom. The molecule has 2 heterocycles. The molecule has 0 saturated carbocycles. The van der Waals surface area contributed by atoms with Crippen LogP contribution in [0, 0.1) is 0 Å². The van der Waals surface area contributed by atoms with E-state index in [0.29, 0.717) is 13.0 Å². The number of esters is 1. The van der Waals surface area contributed by atoms with Crippen molar-refractivity contribution in [3.05, 3.63) is 17.7 Å². The summed E-state index contributed by atoms with van der Waals surface area (Å²) in [5, 5.41) is 0. The van der Waals surface area contributed by atoms with Gasteiger partial charge in [-0.3, -0.25) is 4.79 Å². The van der Waals surface area contributed by atoms with Gasteiger partial charge in [-0.25, -0.2) is 9.78 Å². The molecule has 0 radical (unpaired) electrons. The van der Waals surface area contributed by atoms with Crippen molar-refractivity contribution in [1.29, 1.82) is 0 Å². The van der Waals surface area contributed by atoms with E-state index < -0.39 is 12.0 Å². The van der Waals surface area contributed by atoms with Crippen LogP contribution in [0.4, 0.5) is 0 Å². The SMILES string of the molecule is COC(=O)C1Cc2nc[nH]c2CN1C(C)=O. The number of carbonyl (C=O) groups excluding carboxylic acids is 2. The van der Waals surface area contributed by atoms with Crippen molar-refractivity contribution in [3.8, 4) is 0 Å². The summed E-state index contributed by atoms with van der Waals surface area (Å²) >= 11 is 0. The maximum atomic E-state index is 11.6. The first-order valence-electron chi connectivity index (χ1n) is 4.99. The van der Waals surface area contributed by atoms with Gasteiger partial charge < -0.3 is 14.6 Å². The van der Waals surface area contributed by atoms with Crippen LogP contribution in [0.15, 0.2) is 6.33 Å². The quantitative estimate of drug-likeness (QED) is 0.672. The highest BCUT2D eigenvalue weighted by molar-refractivity contribution is 5.84. The van der Waals surface area contributed by atoms with Gasteiger partial charge in [0, 0.05) is 13.3 Å². The van der Waals surface area contributed by atoms with Crippen LogP contribution in [-0.4, -0.2) is 39.9 Å². The van der Waals surface area contributed by atoms with E-state index in [1.807, 2.05) is 0 Å². The molecule has 1 unspecified atom stereocenters. The number of aromatic nitrogens is 2. The minimum absolute atomic E-state index is 0.143. The molecule has 0 fully saturated rings. The second-order valence-corrected chi connectivity index (χ2v) is 3.72. The monoisotopic (exact) mass is 223 g/mol. The van der Waals surface area contributed by atoms with Crippen LogP contribution in [0.3, 0.4) is 0 Å². The van der Waals surface area contributed by atoms with E-state index in [1.54, 1.807) is 6.33 Å². The van der Waals surface area contributed by atoms with E-state index in [9.17, 15) is 9.59 Å². The lowest BCUT2D eigenvalue weighted by atomic mass is 10.0. The summed E-state index contributed by atoms with van der Waals surface area (Å²) in [6.07, 6.45) is 1.98. The molecule has 16 heavy (non-hydrogen) atoms. The lowest BCUT2D eigenvalue weighted by Gasteiger charge is -2.32. The number of carbonyl (C=O) groups is 2. The predicted octanol–water partition coefficient (Wildman–Crippen LogP) is -0.144. The van der Waals surface area contributed by atoms with Gasteiger partial charge in [0.1, 0.15) is 6.04 Å². The molecule has 0 saturated heterocycles. The van der Waals surface area contributed by atoms with Crippen molar-refractivity contribution in [1.82, 2.24) is 14.9 Å². The van der Waals surface area contributed by atoms with Gasteiger partial charge in [0.2, 0.25) is 5.91 Å². The number of nitrogens with zero attached hydrogens (tertiary/aromatic N) is 2. The number of aromatic amines is 1. The summed E-state index contributed by atoms with van der Waals surface area (Å²) in [5.41, 5.74) is 1.71. The van der Waals surface area contributed by atoms with Crippen molar-refractivity contribution in [3.63, 3.8) is 0 Å². The molecule has 0 aromatic carbocycles. The zero-order valence-electron chi connectivity index (χ0n) is 9.19. The van der Waals surface area contributed by atoms with Crippen molar-refractivity contribution in [2.24, 2.45) is 0 Å². The van der Waals surface area contributed by atoms with Gasteiger partial charge in [0.15, 0.2) is 0 Å². The predicted molar refractivity (Wildman–Crippen MR) is 54.3 cm³/mol. The molecule has 86 valence electrons. The van der Waals surface area contributed by atoms with Crippen LogP contribution >= 0.6 is 0 Å². The number of rotatable bonds is 1. The Labute approximate surface area is 92.6 Å². The number of nitrogens with one attached hydrogen (secondary N) is 1. The Morgan fingerprint density at radius 2 is 2.38 bits per heavy atom. The molecule has 1 aromatic heterocycles. The van der Waals surface area contributed by atoms with Crippen LogP contribution in [0.1, 0.15) is 18.3 Å². The Balaban J connectivity index is 2.30. The molecule has 1 aliphatic rings. The number of hydrogen-bond acceptors (Lipinski definition) is 4. The molecule has 2 rings (SSSR count). The number of amides is 1. The average Bonchev–Trinajstić information content (AvgIpc) is 2.73. The van der Waals surface area contributed by atoms with E-state index in [4.69, 9.17) is 4.74 Å². The van der Waals surface area contributed by atoms with Crippen molar-refractivity contribution >= 4 is 11.9 Å². The molecule has 0 aliphatic carbocycles. The van der Waals surface area contributed by atoms with E-state index in [0.717, 1.165) is 11.4 Å². The summed E-state index contributed by atoms with van der Waals surface area (Å²) in [6.45, 7) is 1.82. The van der Waals surface area contributed by atoms with Gasteiger partial charge >= 0.3 is 5.97 Å². The van der Waals surface area contributed by atoms with Crippen molar-refractivity contribution in [2.45, 2.75) is 25.9 Å². The summed E-state index contributed by atoms with van der Waals surface area (Å²) in [4.78, 5) is 31.6. The largest absolute Gasteiger partial charge is 0.467 e. The fourth-order valence-electron chi connectivity index (χ4n) is 1.91. The van der Waals surface area contributed by atoms with Gasteiger partial charge in [-0.1, -0.05) is 0 Å². The van der Waals surface area contributed by atoms with Crippen LogP contribution in [0.5, 0.6) is 0 Å². The zero-order chi connectivity index (χ0) is 11.7. The average molecular weight is 223 g/mol. The molecule has 0 bridgehead atoms. The Kier molecular flexibility index (Phi) is 2.64.